The number of piperidine rings is 1. The van der Waals surface area contributed by atoms with Gasteiger partial charge in [0.25, 0.3) is 5.91 Å². The molecule has 5 nitrogen and oxygen atoms in total. The van der Waals surface area contributed by atoms with Crippen LogP contribution in [-0.4, -0.2) is 34.8 Å². The first-order valence-electron chi connectivity index (χ1n) is 6.06. The second-order valence-corrected chi connectivity index (χ2v) is 5.42. The number of carbonyl (C=O) groups excluding carboxylic acids is 2. The summed E-state index contributed by atoms with van der Waals surface area (Å²) in [6, 6.07) is 0. The van der Waals surface area contributed by atoms with E-state index in [0.29, 0.717) is 25.2 Å². The fraction of sp³-hybridized carbons (Fsp3) is 0.583. The smallest absolute Gasteiger partial charge is 0.273 e. The molecule has 1 unspecified atom stereocenters. The van der Waals surface area contributed by atoms with E-state index >= 15 is 0 Å². The van der Waals surface area contributed by atoms with Crippen molar-refractivity contribution in [1.29, 1.82) is 0 Å². The second kappa shape index (κ2) is 5.06. The minimum absolute atomic E-state index is 0.102. The summed E-state index contributed by atoms with van der Waals surface area (Å²) in [5.41, 5.74) is 7.03. The molecular formula is C12H17N3O2S. The van der Waals surface area contributed by atoms with Crippen molar-refractivity contribution in [3.63, 3.8) is 0 Å². The molecule has 0 spiro atoms. The average Bonchev–Trinajstić information content (AvgIpc) is 2.91. The lowest BCUT2D eigenvalue weighted by molar-refractivity contribution is -0.130. The van der Waals surface area contributed by atoms with Crippen LogP contribution in [0.4, 0.5) is 0 Å². The summed E-state index contributed by atoms with van der Waals surface area (Å²) >= 11 is 1.39. The van der Waals surface area contributed by atoms with Crippen LogP contribution >= 0.6 is 11.3 Å². The van der Waals surface area contributed by atoms with Gasteiger partial charge >= 0.3 is 0 Å². The van der Waals surface area contributed by atoms with Gasteiger partial charge in [-0.25, -0.2) is 4.98 Å². The normalized spacial score (nSPS) is 23.9. The highest BCUT2D eigenvalue weighted by Gasteiger charge is 2.40. The molecule has 0 saturated carbocycles. The number of nitrogens with zero attached hydrogens (tertiary/aromatic N) is 2. The molecule has 1 aromatic rings. The summed E-state index contributed by atoms with van der Waals surface area (Å²) in [5.74, 6) is -0.407. The van der Waals surface area contributed by atoms with Gasteiger partial charge < -0.3 is 10.6 Å². The molecule has 1 aliphatic rings. The highest BCUT2D eigenvalue weighted by Crippen LogP contribution is 2.33. The molecule has 18 heavy (non-hydrogen) atoms. The highest BCUT2D eigenvalue weighted by atomic mass is 32.1. The Bertz CT molecular complexity index is 446. The van der Waals surface area contributed by atoms with Crippen LogP contribution in [0.25, 0.3) is 0 Å². The third-order valence-corrected chi connectivity index (χ3v) is 4.30. The summed E-state index contributed by atoms with van der Waals surface area (Å²) in [6.07, 6.45) is 2.25. The predicted octanol–water partition coefficient (Wildman–Crippen LogP) is 1.26. The van der Waals surface area contributed by atoms with Gasteiger partial charge in [-0.2, -0.15) is 0 Å². The molecule has 2 amide bonds. The maximum absolute atomic E-state index is 12.2. The molecule has 2 rings (SSSR count). The summed E-state index contributed by atoms with van der Waals surface area (Å²) < 4.78 is 0. The molecule has 0 radical (unpaired) electrons. The van der Waals surface area contributed by atoms with Crippen molar-refractivity contribution in [2.45, 2.75) is 26.2 Å². The minimum atomic E-state index is -0.566. The molecular weight excluding hydrogens is 250 g/mol. The van der Waals surface area contributed by atoms with Crippen molar-refractivity contribution >= 4 is 23.2 Å². The molecule has 98 valence electrons. The number of hydrogen-bond acceptors (Lipinski definition) is 4. The molecule has 0 bridgehead atoms. The van der Waals surface area contributed by atoms with E-state index < -0.39 is 5.41 Å². The molecule has 2 N–H and O–H groups in total. The minimum Gasteiger partial charge on any atom is -0.369 e. The van der Waals surface area contributed by atoms with Crippen molar-refractivity contribution < 1.29 is 9.59 Å². The Kier molecular flexibility index (Phi) is 3.65. The van der Waals surface area contributed by atoms with Gasteiger partial charge in [-0.1, -0.05) is 6.92 Å². The van der Waals surface area contributed by atoms with Crippen LogP contribution in [0.3, 0.4) is 0 Å². The average molecular weight is 267 g/mol. The lowest BCUT2D eigenvalue weighted by Gasteiger charge is -2.39. The van der Waals surface area contributed by atoms with Gasteiger partial charge in [-0.15, -0.1) is 11.3 Å². The topological polar surface area (TPSA) is 76.3 Å². The zero-order valence-electron chi connectivity index (χ0n) is 10.4. The van der Waals surface area contributed by atoms with E-state index in [1.54, 1.807) is 15.8 Å². The van der Waals surface area contributed by atoms with Crippen molar-refractivity contribution in [2.75, 3.05) is 13.1 Å². The molecule has 1 aromatic heterocycles. The molecule has 1 atom stereocenters. The largest absolute Gasteiger partial charge is 0.369 e. The fourth-order valence-electron chi connectivity index (χ4n) is 2.45. The number of amides is 2. The van der Waals surface area contributed by atoms with E-state index in [1.807, 2.05) is 6.92 Å². The van der Waals surface area contributed by atoms with Gasteiger partial charge in [0.05, 0.1) is 10.9 Å². The Morgan fingerprint density at radius 1 is 1.61 bits per heavy atom. The van der Waals surface area contributed by atoms with Gasteiger partial charge in [0, 0.05) is 18.5 Å². The molecule has 6 heteroatoms. The van der Waals surface area contributed by atoms with Crippen LogP contribution in [0.1, 0.15) is 36.7 Å². The Morgan fingerprint density at radius 2 is 2.39 bits per heavy atom. The monoisotopic (exact) mass is 267 g/mol. The molecule has 0 aromatic carbocycles. The van der Waals surface area contributed by atoms with Crippen molar-refractivity contribution in [3.8, 4) is 0 Å². The lowest BCUT2D eigenvalue weighted by Crippen LogP contribution is -2.51. The first-order valence-corrected chi connectivity index (χ1v) is 7.01. The quantitative estimate of drug-likeness (QED) is 0.895. The van der Waals surface area contributed by atoms with Crippen molar-refractivity contribution in [3.05, 3.63) is 16.6 Å². The van der Waals surface area contributed by atoms with Crippen molar-refractivity contribution in [1.82, 2.24) is 9.88 Å². The Hall–Kier alpha value is -1.43. The first kappa shape index (κ1) is 13.0. The zero-order valence-corrected chi connectivity index (χ0v) is 11.2. The van der Waals surface area contributed by atoms with Crippen LogP contribution in [0.2, 0.25) is 0 Å². The van der Waals surface area contributed by atoms with Gasteiger partial charge in [-0.05, 0) is 19.3 Å². The van der Waals surface area contributed by atoms with Gasteiger partial charge in [0.15, 0.2) is 0 Å². The van der Waals surface area contributed by atoms with Crippen LogP contribution in [0.5, 0.6) is 0 Å². The number of primary amides is 1. The van der Waals surface area contributed by atoms with E-state index in [-0.39, 0.29) is 11.8 Å². The first-order chi connectivity index (χ1) is 8.59. The second-order valence-electron chi connectivity index (χ2n) is 4.70. The lowest BCUT2D eigenvalue weighted by atomic mass is 9.77. The van der Waals surface area contributed by atoms with E-state index in [1.165, 1.54) is 11.3 Å². The third-order valence-electron chi connectivity index (χ3n) is 3.72. The van der Waals surface area contributed by atoms with E-state index in [0.717, 1.165) is 12.8 Å². The molecule has 1 saturated heterocycles. The van der Waals surface area contributed by atoms with Crippen LogP contribution in [-0.2, 0) is 4.79 Å². The third kappa shape index (κ3) is 2.25. The summed E-state index contributed by atoms with van der Waals surface area (Å²) in [4.78, 5) is 29.6. The number of carbonyl (C=O) groups is 2. The van der Waals surface area contributed by atoms with Crippen LogP contribution < -0.4 is 5.73 Å². The molecule has 1 fully saturated rings. The summed E-state index contributed by atoms with van der Waals surface area (Å²) in [7, 11) is 0. The fourth-order valence-corrected chi connectivity index (χ4v) is 2.98. The Balaban J connectivity index is 2.16. The maximum atomic E-state index is 12.2. The summed E-state index contributed by atoms with van der Waals surface area (Å²) in [5, 5.41) is 1.73. The summed E-state index contributed by atoms with van der Waals surface area (Å²) in [6.45, 7) is 3.03. The van der Waals surface area contributed by atoms with E-state index in [9.17, 15) is 9.59 Å². The number of rotatable bonds is 3. The number of thiazole rings is 1. The van der Waals surface area contributed by atoms with Gasteiger partial charge in [0.2, 0.25) is 5.91 Å². The standard InChI is InChI=1S/C12H17N3O2S/c1-2-12(11(13)17)4-3-5-15(7-12)10(16)9-6-18-8-14-9/h6,8H,2-5,7H2,1H3,(H2,13,17). The predicted molar refractivity (Wildman–Crippen MR) is 69.2 cm³/mol. The van der Waals surface area contributed by atoms with E-state index in [2.05, 4.69) is 4.98 Å². The number of aromatic nitrogens is 1. The number of hydrogen-bond donors (Lipinski definition) is 1. The van der Waals surface area contributed by atoms with Crippen LogP contribution in [0, 0.1) is 5.41 Å². The van der Waals surface area contributed by atoms with Crippen molar-refractivity contribution in [2.24, 2.45) is 11.1 Å². The van der Waals surface area contributed by atoms with Gasteiger partial charge in [0.1, 0.15) is 5.69 Å². The Morgan fingerprint density at radius 3 is 2.94 bits per heavy atom. The number of nitrogens with two attached hydrogens (primary N) is 1. The zero-order chi connectivity index (χ0) is 13.2. The van der Waals surface area contributed by atoms with Crippen LogP contribution in [0.15, 0.2) is 10.9 Å². The van der Waals surface area contributed by atoms with Gasteiger partial charge in [-0.3, -0.25) is 9.59 Å². The van der Waals surface area contributed by atoms with E-state index in [4.69, 9.17) is 5.73 Å². The molecule has 2 heterocycles. The maximum Gasteiger partial charge on any atom is 0.273 e. The molecule has 0 aliphatic carbocycles. The Labute approximate surface area is 110 Å². The highest BCUT2D eigenvalue weighted by molar-refractivity contribution is 7.07. The SMILES string of the molecule is CCC1(C(N)=O)CCCN(C(=O)c2cscn2)C1. The molecule has 1 aliphatic heterocycles. The number of likely N-dealkylation sites (tertiary alicyclic amines) is 1.